The van der Waals surface area contributed by atoms with Crippen LogP contribution in [-0.2, 0) is 13.5 Å². The largest absolute Gasteiger partial charge is 0.310 e. The van der Waals surface area contributed by atoms with Gasteiger partial charge in [0.25, 0.3) is 0 Å². The van der Waals surface area contributed by atoms with Gasteiger partial charge in [0.2, 0.25) is 0 Å². The van der Waals surface area contributed by atoms with E-state index in [-0.39, 0.29) is 0 Å². The van der Waals surface area contributed by atoms with Gasteiger partial charge in [-0.05, 0) is 30.7 Å². The molecule has 4 nitrogen and oxygen atoms in total. The molecular formula is C13H18N4. The van der Waals surface area contributed by atoms with Crippen molar-refractivity contribution in [2.24, 2.45) is 7.05 Å². The highest BCUT2D eigenvalue weighted by atomic mass is 15.2. The number of nitrogens with zero attached hydrogens (tertiary/aromatic N) is 3. The van der Waals surface area contributed by atoms with Crippen LogP contribution in [0.3, 0.4) is 0 Å². The summed E-state index contributed by atoms with van der Waals surface area (Å²) in [5.74, 6) is 0. The van der Waals surface area contributed by atoms with Crippen LogP contribution in [0.15, 0.2) is 36.8 Å². The standard InChI is InChI=1S/C13H18N4/c1-11(12-3-7-14-8-4-12)15-9-5-13-6-10-17(2)16-13/h3-4,6-8,10-11,15H,5,9H2,1-2H3. The van der Waals surface area contributed by atoms with Gasteiger partial charge in [0, 0.05) is 44.6 Å². The Bertz CT molecular complexity index is 449. The van der Waals surface area contributed by atoms with Gasteiger partial charge in [-0.1, -0.05) is 0 Å². The van der Waals surface area contributed by atoms with Crippen LogP contribution in [0.1, 0.15) is 24.2 Å². The van der Waals surface area contributed by atoms with E-state index in [0.717, 1.165) is 18.7 Å². The summed E-state index contributed by atoms with van der Waals surface area (Å²) >= 11 is 0. The highest BCUT2D eigenvalue weighted by Crippen LogP contribution is 2.09. The van der Waals surface area contributed by atoms with E-state index in [2.05, 4.69) is 28.4 Å². The van der Waals surface area contributed by atoms with E-state index in [1.165, 1.54) is 5.56 Å². The summed E-state index contributed by atoms with van der Waals surface area (Å²) in [6.07, 6.45) is 6.58. The minimum Gasteiger partial charge on any atom is -0.310 e. The Kier molecular flexibility index (Phi) is 3.88. The van der Waals surface area contributed by atoms with E-state index >= 15 is 0 Å². The molecule has 0 aliphatic heterocycles. The predicted octanol–water partition coefficient (Wildman–Crippen LogP) is 1.71. The Hall–Kier alpha value is -1.68. The second kappa shape index (κ2) is 5.59. The topological polar surface area (TPSA) is 42.7 Å². The minimum absolute atomic E-state index is 0.349. The fourth-order valence-electron chi connectivity index (χ4n) is 1.78. The Morgan fingerprint density at radius 2 is 2.06 bits per heavy atom. The third kappa shape index (κ3) is 3.39. The fraction of sp³-hybridized carbons (Fsp3) is 0.385. The highest BCUT2D eigenvalue weighted by molar-refractivity contribution is 5.14. The van der Waals surface area contributed by atoms with Crippen molar-refractivity contribution in [2.75, 3.05) is 6.54 Å². The third-order valence-corrected chi connectivity index (χ3v) is 2.81. The number of nitrogens with one attached hydrogen (secondary N) is 1. The van der Waals surface area contributed by atoms with E-state index in [1.807, 2.05) is 42.5 Å². The Labute approximate surface area is 102 Å². The molecule has 0 saturated heterocycles. The number of aromatic nitrogens is 3. The maximum Gasteiger partial charge on any atom is 0.0637 e. The van der Waals surface area contributed by atoms with Crippen molar-refractivity contribution in [2.45, 2.75) is 19.4 Å². The van der Waals surface area contributed by atoms with E-state index in [9.17, 15) is 0 Å². The molecule has 1 unspecified atom stereocenters. The molecule has 2 aromatic rings. The smallest absolute Gasteiger partial charge is 0.0637 e. The summed E-state index contributed by atoms with van der Waals surface area (Å²) in [5.41, 5.74) is 2.39. The van der Waals surface area contributed by atoms with Crippen LogP contribution in [0, 0.1) is 0 Å². The van der Waals surface area contributed by atoms with Crippen molar-refractivity contribution < 1.29 is 0 Å². The Balaban J connectivity index is 1.79. The summed E-state index contributed by atoms with van der Waals surface area (Å²) in [5, 5.41) is 7.83. The maximum absolute atomic E-state index is 4.35. The van der Waals surface area contributed by atoms with Gasteiger partial charge in [0.05, 0.1) is 5.69 Å². The molecule has 0 aliphatic rings. The first-order valence-electron chi connectivity index (χ1n) is 5.87. The van der Waals surface area contributed by atoms with Crippen molar-refractivity contribution in [1.82, 2.24) is 20.1 Å². The average Bonchev–Trinajstić information content (AvgIpc) is 2.76. The quantitative estimate of drug-likeness (QED) is 0.850. The molecule has 0 saturated carbocycles. The highest BCUT2D eigenvalue weighted by Gasteiger charge is 2.04. The zero-order valence-electron chi connectivity index (χ0n) is 10.3. The van der Waals surface area contributed by atoms with Crippen LogP contribution < -0.4 is 5.32 Å². The van der Waals surface area contributed by atoms with Gasteiger partial charge in [-0.3, -0.25) is 9.67 Å². The summed E-state index contributed by atoms with van der Waals surface area (Å²) < 4.78 is 1.83. The van der Waals surface area contributed by atoms with E-state index in [1.54, 1.807) is 0 Å². The van der Waals surface area contributed by atoms with Gasteiger partial charge in [0.15, 0.2) is 0 Å². The van der Waals surface area contributed by atoms with E-state index in [4.69, 9.17) is 0 Å². The lowest BCUT2D eigenvalue weighted by Crippen LogP contribution is -2.21. The molecule has 4 heteroatoms. The molecule has 17 heavy (non-hydrogen) atoms. The molecule has 1 N–H and O–H groups in total. The molecule has 2 aromatic heterocycles. The number of rotatable bonds is 5. The van der Waals surface area contributed by atoms with Crippen molar-refractivity contribution in [3.63, 3.8) is 0 Å². The van der Waals surface area contributed by atoms with Crippen LogP contribution >= 0.6 is 0 Å². The fourth-order valence-corrected chi connectivity index (χ4v) is 1.78. The van der Waals surface area contributed by atoms with Crippen LogP contribution in [0.25, 0.3) is 0 Å². The minimum atomic E-state index is 0.349. The third-order valence-electron chi connectivity index (χ3n) is 2.81. The summed E-state index contributed by atoms with van der Waals surface area (Å²) in [4.78, 5) is 4.02. The molecule has 0 fully saturated rings. The molecule has 0 radical (unpaired) electrons. The molecular weight excluding hydrogens is 212 g/mol. The van der Waals surface area contributed by atoms with E-state index < -0.39 is 0 Å². The van der Waals surface area contributed by atoms with Crippen molar-refractivity contribution in [3.8, 4) is 0 Å². The maximum atomic E-state index is 4.35. The van der Waals surface area contributed by atoms with Crippen LogP contribution in [0.2, 0.25) is 0 Å². The molecule has 90 valence electrons. The van der Waals surface area contributed by atoms with Gasteiger partial charge >= 0.3 is 0 Å². The molecule has 0 aliphatic carbocycles. The summed E-state index contributed by atoms with van der Waals surface area (Å²) in [7, 11) is 1.94. The molecule has 2 heterocycles. The molecule has 0 bridgehead atoms. The summed E-state index contributed by atoms with van der Waals surface area (Å²) in [6.45, 7) is 3.09. The normalized spacial score (nSPS) is 12.6. The molecule has 1 atom stereocenters. The zero-order valence-corrected chi connectivity index (χ0v) is 10.3. The average molecular weight is 230 g/mol. The second-order valence-electron chi connectivity index (χ2n) is 4.19. The number of hydrogen-bond donors (Lipinski definition) is 1. The zero-order chi connectivity index (χ0) is 12.1. The van der Waals surface area contributed by atoms with Crippen LogP contribution in [0.4, 0.5) is 0 Å². The van der Waals surface area contributed by atoms with Crippen molar-refractivity contribution in [1.29, 1.82) is 0 Å². The predicted molar refractivity (Wildman–Crippen MR) is 67.6 cm³/mol. The first kappa shape index (κ1) is 11.8. The lowest BCUT2D eigenvalue weighted by molar-refractivity contribution is 0.570. The van der Waals surface area contributed by atoms with Gasteiger partial charge < -0.3 is 5.32 Å². The second-order valence-corrected chi connectivity index (χ2v) is 4.19. The molecule has 0 aromatic carbocycles. The van der Waals surface area contributed by atoms with Crippen LogP contribution in [-0.4, -0.2) is 21.3 Å². The first-order valence-corrected chi connectivity index (χ1v) is 5.87. The van der Waals surface area contributed by atoms with Crippen molar-refractivity contribution >= 4 is 0 Å². The number of pyridine rings is 1. The van der Waals surface area contributed by atoms with Gasteiger partial charge in [-0.25, -0.2) is 0 Å². The molecule has 0 amide bonds. The monoisotopic (exact) mass is 230 g/mol. The first-order chi connectivity index (χ1) is 8.25. The Morgan fingerprint density at radius 1 is 1.29 bits per heavy atom. The van der Waals surface area contributed by atoms with E-state index in [0.29, 0.717) is 6.04 Å². The molecule has 0 spiro atoms. The Morgan fingerprint density at radius 3 is 2.71 bits per heavy atom. The van der Waals surface area contributed by atoms with Gasteiger partial charge in [-0.2, -0.15) is 5.10 Å². The summed E-state index contributed by atoms with van der Waals surface area (Å²) in [6, 6.07) is 6.48. The lowest BCUT2D eigenvalue weighted by Gasteiger charge is -2.13. The van der Waals surface area contributed by atoms with Gasteiger partial charge in [-0.15, -0.1) is 0 Å². The number of hydrogen-bond acceptors (Lipinski definition) is 3. The lowest BCUT2D eigenvalue weighted by atomic mass is 10.1. The number of aryl methyl sites for hydroxylation is 1. The molecule has 2 rings (SSSR count). The van der Waals surface area contributed by atoms with Crippen LogP contribution in [0.5, 0.6) is 0 Å². The SMILES string of the molecule is CC(NCCc1ccn(C)n1)c1ccncc1. The van der Waals surface area contributed by atoms with Crippen molar-refractivity contribution in [3.05, 3.63) is 48.0 Å². The van der Waals surface area contributed by atoms with Gasteiger partial charge in [0.1, 0.15) is 0 Å².